The van der Waals surface area contributed by atoms with Crippen LogP contribution in [0, 0.1) is 17.8 Å². The molecule has 2 heterocycles. The van der Waals surface area contributed by atoms with Crippen molar-refractivity contribution in [1.82, 2.24) is 20.4 Å². The Labute approximate surface area is 249 Å². The van der Waals surface area contributed by atoms with Crippen LogP contribution in [0.2, 0.25) is 0 Å². The molecule has 0 radical (unpaired) electrons. The lowest BCUT2D eigenvalue weighted by Crippen LogP contribution is -2.17. The molecule has 0 amide bonds. The van der Waals surface area contributed by atoms with Gasteiger partial charge in [-0.05, 0) is 96.2 Å². The van der Waals surface area contributed by atoms with Crippen LogP contribution in [0.15, 0.2) is 93.8 Å². The van der Waals surface area contributed by atoms with Crippen molar-refractivity contribution in [2.75, 3.05) is 6.61 Å². The number of allylic oxidation sites excluding steroid dienone is 2. The smallest absolute Gasteiger partial charge is 0.338 e. The minimum absolute atomic E-state index is 0.0732. The van der Waals surface area contributed by atoms with E-state index >= 15 is 0 Å². The quantitative estimate of drug-likeness (QED) is 0.144. The molecule has 2 bridgehead atoms. The second-order valence-corrected chi connectivity index (χ2v) is 12.4. The maximum atomic E-state index is 12.8. The summed E-state index contributed by atoms with van der Waals surface area (Å²) in [5.41, 5.74) is 4.83. The van der Waals surface area contributed by atoms with Crippen molar-refractivity contribution in [2.24, 2.45) is 17.8 Å². The van der Waals surface area contributed by atoms with Crippen LogP contribution in [0.5, 0.6) is 0 Å². The minimum atomic E-state index is -0.338. The highest BCUT2D eigenvalue weighted by atomic mass is 16.5. The zero-order valence-electron chi connectivity index (χ0n) is 24.4. The molecule has 0 N–H and O–H groups in total. The van der Waals surface area contributed by atoms with E-state index < -0.39 is 0 Å². The van der Waals surface area contributed by atoms with E-state index in [4.69, 9.17) is 13.6 Å². The van der Waals surface area contributed by atoms with E-state index in [1.807, 2.05) is 42.5 Å². The standard InChI is InChI=1S/C35H32N4O4/c1-35(2,3)29-15-13-24(14-16-29)32-37-36-30(42-32)22-9-11-23(12-10-22)31-38-39-33(43-31)26-5-4-6-27(19-26)34(40)41-20-28-18-21-7-8-25(28)17-21/h4-16,19,21,25,28H,17-18,20H2,1-3H3. The van der Waals surface area contributed by atoms with E-state index in [1.165, 1.54) is 12.0 Å². The molecular weight excluding hydrogens is 540 g/mol. The average Bonchev–Trinajstić information content (AvgIpc) is 3.85. The lowest BCUT2D eigenvalue weighted by atomic mass is 9.87. The van der Waals surface area contributed by atoms with Crippen LogP contribution < -0.4 is 0 Å². The van der Waals surface area contributed by atoms with Gasteiger partial charge in [0.05, 0.1) is 12.2 Å². The number of fused-ring (bicyclic) bond motifs is 2. The predicted octanol–water partition coefficient (Wildman–Crippen LogP) is 7.79. The van der Waals surface area contributed by atoms with Gasteiger partial charge < -0.3 is 13.6 Å². The predicted molar refractivity (Wildman–Crippen MR) is 162 cm³/mol. The van der Waals surface area contributed by atoms with E-state index in [2.05, 4.69) is 65.5 Å². The molecule has 2 aliphatic carbocycles. The second-order valence-electron chi connectivity index (χ2n) is 12.4. The molecule has 5 aromatic rings. The number of hydrogen-bond acceptors (Lipinski definition) is 8. The van der Waals surface area contributed by atoms with Gasteiger partial charge in [0.15, 0.2) is 0 Å². The van der Waals surface area contributed by atoms with Gasteiger partial charge in [-0.1, -0.05) is 51.1 Å². The summed E-state index contributed by atoms with van der Waals surface area (Å²) in [6, 6.07) is 22.8. The topological polar surface area (TPSA) is 104 Å². The van der Waals surface area contributed by atoms with Gasteiger partial charge in [0, 0.05) is 22.3 Å². The van der Waals surface area contributed by atoms with Crippen LogP contribution in [0.25, 0.3) is 45.8 Å². The fraction of sp³-hybridized carbons (Fsp3) is 0.286. The summed E-state index contributed by atoms with van der Waals surface area (Å²) in [6.07, 6.45) is 6.84. The molecule has 1 saturated carbocycles. The molecule has 3 aromatic carbocycles. The molecule has 43 heavy (non-hydrogen) atoms. The van der Waals surface area contributed by atoms with Crippen LogP contribution >= 0.6 is 0 Å². The van der Waals surface area contributed by atoms with E-state index in [0.29, 0.717) is 59.1 Å². The number of nitrogens with zero attached hydrogens (tertiary/aromatic N) is 4. The first kappa shape index (κ1) is 27.0. The molecular formula is C35H32N4O4. The highest BCUT2D eigenvalue weighted by molar-refractivity contribution is 5.90. The molecule has 0 saturated heterocycles. The number of esters is 1. The molecule has 3 unspecified atom stereocenters. The van der Waals surface area contributed by atoms with Crippen molar-refractivity contribution in [1.29, 1.82) is 0 Å². The molecule has 0 aliphatic heterocycles. The number of carbonyl (C=O) groups excluding carboxylic acids is 1. The first-order valence-electron chi connectivity index (χ1n) is 14.6. The van der Waals surface area contributed by atoms with Gasteiger partial charge in [0.2, 0.25) is 23.6 Å². The Morgan fingerprint density at radius 3 is 1.81 bits per heavy atom. The highest BCUT2D eigenvalue weighted by Gasteiger charge is 2.36. The molecule has 2 aromatic heterocycles. The first-order chi connectivity index (χ1) is 20.8. The van der Waals surface area contributed by atoms with E-state index in [1.54, 1.807) is 18.2 Å². The number of aromatic nitrogens is 4. The normalized spacial score (nSPS) is 19.2. The molecule has 8 heteroatoms. The summed E-state index contributed by atoms with van der Waals surface area (Å²) in [6.45, 7) is 6.99. The van der Waals surface area contributed by atoms with E-state index in [9.17, 15) is 4.79 Å². The summed E-state index contributed by atoms with van der Waals surface area (Å²) in [7, 11) is 0. The van der Waals surface area contributed by atoms with Crippen LogP contribution in [0.3, 0.4) is 0 Å². The number of hydrogen-bond donors (Lipinski definition) is 0. The van der Waals surface area contributed by atoms with Crippen LogP contribution in [0.4, 0.5) is 0 Å². The fourth-order valence-electron chi connectivity index (χ4n) is 5.91. The highest BCUT2D eigenvalue weighted by Crippen LogP contribution is 2.43. The monoisotopic (exact) mass is 572 g/mol. The maximum absolute atomic E-state index is 12.8. The van der Waals surface area contributed by atoms with Crippen molar-refractivity contribution >= 4 is 5.97 Å². The van der Waals surface area contributed by atoms with Crippen molar-refractivity contribution < 1.29 is 18.4 Å². The molecule has 3 atom stereocenters. The van der Waals surface area contributed by atoms with Gasteiger partial charge in [0.1, 0.15) is 0 Å². The molecule has 8 nitrogen and oxygen atoms in total. The Morgan fingerprint density at radius 2 is 1.30 bits per heavy atom. The third-order valence-corrected chi connectivity index (χ3v) is 8.42. The van der Waals surface area contributed by atoms with Crippen molar-refractivity contribution in [2.45, 2.75) is 39.0 Å². The summed E-state index contributed by atoms with van der Waals surface area (Å²) in [4.78, 5) is 12.8. The summed E-state index contributed by atoms with van der Waals surface area (Å²) < 4.78 is 17.6. The Kier molecular flexibility index (Phi) is 6.76. The van der Waals surface area contributed by atoms with E-state index in [0.717, 1.165) is 23.1 Å². The van der Waals surface area contributed by atoms with E-state index in [-0.39, 0.29) is 11.4 Å². The maximum Gasteiger partial charge on any atom is 0.338 e. The number of ether oxygens (including phenoxy) is 1. The lowest BCUT2D eigenvalue weighted by molar-refractivity contribution is 0.0420. The lowest BCUT2D eigenvalue weighted by Gasteiger charge is -2.18. The van der Waals surface area contributed by atoms with Crippen molar-refractivity contribution in [3.8, 4) is 45.8 Å². The largest absolute Gasteiger partial charge is 0.462 e. The van der Waals surface area contributed by atoms with Gasteiger partial charge in [-0.15, -0.1) is 20.4 Å². The van der Waals surface area contributed by atoms with Crippen LogP contribution in [-0.4, -0.2) is 33.0 Å². The summed E-state index contributed by atoms with van der Waals surface area (Å²) in [5.74, 6) is 2.84. The Hall–Kier alpha value is -4.85. The van der Waals surface area contributed by atoms with Gasteiger partial charge in [-0.3, -0.25) is 0 Å². The Balaban J connectivity index is 1.02. The average molecular weight is 573 g/mol. The van der Waals surface area contributed by atoms with Crippen molar-refractivity contribution in [3.05, 3.63) is 96.1 Å². The third kappa shape index (κ3) is 5.52. The fourth-order valence-corrected chi connectivity index (χ4v) is 5.91. The Morgan fingerprint density at radius 1 is 0.744 bits per heavy atom. The number of benzene rings is 3. The third-order valence-electron chi connectivity index (χ3n) is 8.42. The van der Waals surface area contributed by atoms with Gasteiger partial charge in [0.25, 0.3) is 0 Å². The molecule has 7 rings (SSSR count). The summed E-state index contributed by atoms with van der Waals surface area (Å²) >= 11 is 0. The van der Waals surface area contributed by atoms with Crippen LogP contribution in [0.1, 0.15) is 49.5 Å². The van der Waals surface area contributed by atoms with Gasteiger partial charge in [-0.25, -0.2) is 4.79 Å². The zero-order valence-corrected chi connectivity index (χ0v) is 24.4. The van der Waals surface area contributed by atoms with Crippen LogP contribution in [-0.2, 0) is 10.2 Å². The molecule has 216 valence electrons. The zero-order chi connectivity index (χ0) is 29.6. The van der Waals surface area contributed by atoms with Crippen molar-refractivity contribution in [3.63, 3.8) is 0 Å². The number of rotatable bonds is 7. The molecule has 2 aliphatic rings. The second kappa shape index (κ2) is 10.8. The Bertz CT molecular complexity index is 1790. The number of carbonyl (C=O) groups is 1. The van der Waals surface area contributed by atoms with Gasteiger partial charge >= 0.3 is 5.97 Å². The first-order valence-corrected chi connectivity index (χ1v) is 14.6. The SMILES string of the molecule is CC(C)(C)c1ccc(-c2nnc(-c3ccc(-c4nnc(-c5cccc(C(=O)OCC6CC7C=CC6C7)c5)o4)cc3)o2)cc1. The molecule has 1 fully saturated rings. The summed E-state index contributed by atoms with van der Waals surface area (Å²) in [5, 5.41) is 16.9. The minimum Gasteiger partial charge on any atom is -0.462 e. The van der Waals surface area contributed by atoms with Gasteiger partial charge in [-0.2, -0.15) is 0 Å². The molecule has 0 spiro atoms.